The van der Waals surface area contributed by atoms with Crippen LogP contribution in [0.5, 0.6) is 0 Å². The highest BCUT2D eigenvalue weighted by Crippen LogP contribution is 2.30. The minimum absolute atomic E-state index is 0.0106. The Kier molecular flexibility index (Phi) is 5.88. The largest absolute Gasteiger partial charge is 0.380 e. The molecule has 1 heterocycles. The molecule has 1 saturated heterocycles. The Balaban J connectivity index is 2.30. The Bertz CT molecular complexity index is 602. The van der Waals surface area contributed by atoms with Gasteiger partial charge in [0.2, 0.25) is 10.0 Å². The van der Waals surface area contributed by atoms with Gasteiger partial charge in [0.15, 0.2) is 0 Å². The minimum Gasteiger partial charge on any atom is -0.380 e. The Morgan fingerprint density at radius 1 is 1.38 bits per heavy atom. The summed E-state index contributed by atoms with van der Waals surface area (Å²) in [5.74, 6) is 0. The van der Waals surface area contributed by atoms with Crippen molar-refractivity contribution in [2.75, 3.05) is 19.8 Å². The zero-order chi connectivity index (χ0) is 15.5. The van der Waals surface area contributed by atoms with Crippen LogP contribution in [0, 0.1) is 0 Å². The fraction of sp³-hybridized carbons (Fsp3) is 0.538. The quantitative estimate of drug-likeness (QED) is 0.823. The molecule has 0 radical (unpaired) electrons. The van der Waals surface area contributed by atoms with Crippen molar-refractivity contribution in [1.82, 2.24) is 10.0 Å². The molecule has 118 valence electrons. The van der Waals surface area contributed by atoms with Crippen molar-refractivity contribution in [2.45, 2.75) is 30.8 Å². The van der Waals surface area contributed by atoms with Crippen molar-refractivity contribution in [1.29, 1.82) is 0 Å². The highest BCUT2D eigenvalue weighted by Gasteiger charge is 2.26. The molecule has 1 aromatic rings. The molecule has 0 amide bonds. The van der Waals surface area contributed by atoms with E-state index in [0.717, 1.165) is 6.54 Å². The van der Waals surface area contributed by atoms with Crippen LogP contribution in [0.2, 0.25) is 10.0 Å². The van der Waals surface area contributed by atoms with Gasteiger partial charge in [-0.1, -0.05) is 30.1 Å². The van der Waals surface area contributed by atoms with E-state index in [1.807, 2.05) is 6.92 Å². The molecule has 0 aliphatic carbocycles. The van der Waals surface area contributed by atoms with Gasteiger partial charge in [-0.3, -0.25) is 0 Å². The summed E-state index contributed by atoms with van der Waals surface area (Å²) in [6, 6.07) is 2.82. The Morgan fingerprint density at radius 3 is 2.76 bits per heavy atom. The van der Waals surface area contributed by atoms with Gasteiger partial charge in [-0.2, -0.15) is 0 Å². The number of hydrogen-bond donors (Lipinski definition) is 2. The van der Waals surface area contributed by atoms with Crippen LogP contribution in [-0.2, 0) is 21.3 Å². The molecule has 1 aliphatic heterocycles. The summed E-state index contributed by atoms with van der Waals surface area (Å²) in [5.41, 5.74) is 0.661. The maximum atomic E-state index is 12.5. The first-order chi connectivity index (χ1) is 9.94. The summed E-state index contributed by atoms with van der Waals surface area (Å²) in [7, 11) is -3.72. The van der Waals surface area contributed by atoms with Gasteiger partial charge in [-0.05, 0) is 30.7 Å². The second-order valence-electron chi connectivity index (χ2n) is 4.84. The van der Waals surface area contributed by atoms with E-state index in [2.05, 4.69) is 10.0 Å². The highest BCUT2D eigenvalue weighted by atomic mass is 35.5. The van der Waals surface area contributed by atoms with Crippen LogP contribution >= 0.6 is 23.2 Å². The maximum Gasteiger partial charge on any atom is 0.242 e. The van der Waals surface area contributed by atoms with Crippen molar-refractivity contribution in [3.8, 4) is 0 Å². The van der Waals surface area contributed by atoms with Crippen molar-refractivity contribution in [3.05, 3.63) is 27.7 Å². The Hall–Kier alpha value is -0.370. The zero-order valence-electron chi connectivity index (χ0n) is 11.7. The van der Waals surface area contributed by atoms with Crippen LogP contribution in [0.1, 0.15) is 18.9 Å². The third kappa shape index (κ3) is 4.31. The van der Waals surface area contributed by atoms with Crippen molar-refractivity contribution >= 4 is 33.2 Å². The average Bonchev–Trinajstić information content (AvgIpc) is 2.91. The number of nitrogens with one attached hydrogen (secondary N) is 2. The monoisotopic (exact) mass is 352 g/mol. The summed E-state index contributed by atoms with van der Waals surface area (Å²) in [6.07, 6.45) is 0.654. The van der Waals surface area contributed by atoms with Crippen LogP contribution in [0.3, 0.4) is 0 Å². The number of benzene rings is 1. The van der Waals surface area contributed by atoms with Crippen LogP contribution in [0.25, 0.3) is 0 Å². The van der Waals surface area contributed by atoms with Gasteiger partial charge in [-0.15, -0.1) is 0 Å². The van der Waals surface area contributed by atoms with Gasteiger partial charge >= 0.3 is 0 Å². The molecule has 5 nitrogen and oxygen atoms in total. The summed E-state index contributed by atoms with van der Waals surface area (Å²) in [6.45, 7) is 4.11. The summed E-state index contributed by atoms with van der Waals surface area (Å²) in [4.78, 5) is 0.0106. The number of sulfonamides is 1. The Labute approximate surface area is 135 Å². The molecule has 0 aromatic heterocycles. The first kappa shape index (κ1) is 17.0. The van der Waals surface area contributed by atoms with Crippen molar-refractivity contribution in [2.24, 2.45) is 0 Å². The summed E-state index contributed by atoms with van der Waals surface area (Å²) < 4.78 is 32.7. The number of ether oxygens (including phenoxy) is 1. The molecule has 21 heavy (non-hydrogen) atoms. The van der Waals surface area contributed by atoms with Gasteiger partial charge in [0, 0.05) is 24.2 Å². The fourth-order valence-corrected chi connectivity index (χ4v) is 4.30. The van der Waals surface area contributed by atoms with Gasteiger partial charge < -0.3 is 10.1 Å². The van der Waals surface area contributed by atoms with Crippen LogP contribution < -0.4 is 10.0 Å². The molecule has 0 bridgehead atoms. The molecule has 8 heteroatoms. The average molecular weight is 353 g/mol. The number of rotatable bonds is 6. The van der Waals surface area contributed by atoms with Crippen molar-refractivity contribution < 1.29 is 13.2 Å². The maximum absolute atomic E-state index is 12.5. The third-order valence-electron chi connectivity index (χ3n) is 3.19. The standard InChI is InChI=1S/C13H18Cl2N2O3S/c1-2-16-7-9-5-10(14)6-12(13(9)15)21(18,19)17-11-3-4-20-8-11/h5-6,11,16-17H,2-4,7-8H2,1H3. The van der Waals surface area contributed by atoms with E-state index >= 15 is 0 Å². The summed E-state index contributed by atoms with van der Waals surface area (Å²) in [5, 5.41) is 3.65. The Morgan fingerprint density at radius 2 is 2.14 bits per heavy atom. The minimum atomic E-state index is -3.72. The van der Waals surface area contributed by atoms with Crippen LogP contribution in [0.4, 0.5) is 0 Å². The number of hydrogen-bond acceptors (Lipinski definition) is 4. The van der Waals surface area contributed by atoms with E-state index in [-0.39, 0.29) is 16.0 Å². The molecule has 1 unspecified atom stereocenters. The number of halogens is 2. The van der Waals surface area contributed by atoms with Gasteiger partial charge in [-0.25, -0.2) is 13.1 Å². The predicted octanol–water partition coefficient (Wildman–Crippen LogP) is 2.17. The van der Waals surface area contributed by atoms with Crippen LogP contribution in [0.15, 0.2) is 17.0 Å². The lowest BCUT2D eigenvalue weighted by atomic mass is 10.2. The lowest BCUT2D eigenvalue weighted by Gasteiger charge is -2.15. The predicted molar refractivity (Wildman–Crippen MR) is 83.4 cm³/mol. The van der Waals surface area contributed by atoms with E-state index in [9.17, 15) is 8.42 Å². The van der Waals surface area contributed by atoms with Gasteiger partial charge in [0.25, 0.3) is 0 Å². The van der Waals surface area contributed by atoms with Gasteiger partial charge in [0.1, 0.15) is 4.90 Å². The molecule has 1 aliphatic rings. The zero-order valence-corrected chi connectivity index (χ0v) is 14.0. The molecular formula is C13H18Cl2N2O3S. The fourth-order valence-electron chi connectivity index (χ4n) is 2.11. The molecule has 1 aromatic carbocycles. The smallest absolute Gasteiger partial charge is 0.242 e. The van der Waals surface area contributed by atoms with E-state index in [1.165, 1.54) is 6.07 Å². The van der Waals surface area contributed by atoms with E-state index < -0.39 is 10.0 Å². The van der Waals surface area contributed by atoms with E-state index in [1.54, 1.807) is 6.07 Å². The second kappa shape index (κ2) is 7.26. The van der Waals surface area contributed by atoms with E-state index in [4.69, 9.17) is 27.9 Å². The first-order valence-electron chi connectivity index (χ1n) is 6.72. The van der Waals surface area contributed by atoms with Crippen LogP contribution in [-0.4, -0.2) is 34.2 Å². The molecular weight excluding hydrogens is 335 g/mol. The molecule has 0 spiro atoms. The highest BCUT2D eigenvalue weighted by molar-refractivity contribution is 7.89. The molecule has 2 rings (SSSR count). The normalized spacial score (nSPS) is 19.1. The van der Waals surface area contributed by atoms with Crippen molar-refractivity contribution in [3.63, 3.8) is 0 Å². The molecule has 2 N–H and O–H groups in total. The molecule has 1 fully saturated rings. The summed E-state index contributed by atoms with van der Waals surface area (Å²) >= 11 is 12.3. The van der Waals surface area contributed by atoms with Gasteiger partial charge in [0.05, 0.1) is 11.6 Å². The van der Waals surface area contributed by atoms with E-state index in [0.29, 0.717) is 36.8 Å². The topological polar surface area (TPSA) is 67.4 Å². The molecule has 0 saturated carbocycles. The first-order valence-corrected chi connectivity index (χ1v) is 8.96. The molecule has 1 atom stereocenters. The third-order valence-corrected chi connectivity index (χ3v) is 5.51. The lowest BCUT2D eigenvalue weighted by Crippen LogP contribution is -2.35. The second-order valence-corrected chi connectivity index (χ2v) is 7.34. The SMILES string of the molecule is CCNCc1cc(Cl)cc(S(=O)(=O)NC2CCOC2)c1Cl. The lowest BCUT2D eigenvalue weighted by molar-refractivity contribution is 0.192.